The van der Waals surface area contributed by atoms with Gasteiger partial charge < -0.3 is 16.0 Å². The second-order valence-corrected chi connectivity index (χ2v) is 31.0. The molecular weight excluding hydrogens is 354 g/mol. The summed E-state index contributed by atoms with van der Waals surface area (Å²) < 4.78 is 1.70. The number of hydrogen-bond donors (Lipinski definition) is 3. The maximum absolute atomic E-state index is 3.11. The van der Waals surface area contributed by atoms with Crippen molar-refractivity contribution in [2.45, 2.75) is 74.1 Å². The third-order valence-electron chi connectivity index (χ3n) is 3.88. The van der Waals surface area contributed by atoms with Crippen LogP contribution in [-0.2, 0) is 14.0 Å². The molecule has 4 heteroatoms. The van der Waals surface area contributed by atoms with E-state index in [-0.39, 0.29) is 0 Å². The molecule has 0 atom stereocenters. The molecule has 0 amide bonds. The molecule has 0 aromatic carbocycles. The van der Waals surface area contributed by atoms with E-state index >= 15 is 0 Å². The Labute approximate surface area is 165 Å². The van der Waals surface area contributed by atoms with Crippen molar-refractivity contribution in [1.29, 1.82) is 0 Å². The second-order valence-electron chi connectivity index (χ2n) is 10.4. The van der Waals surface area contributed by atoms with Gasteiger partial charge in [-0.05, 0) is 39.3 Å². The van der Waals surface area contributed by atoms with Crippen molar-refractivity contribution in [3.05, 3.63) is 22.1 Å². The fourth-order valence-electron chi connectivity index (χ4n) is 2.12. The van der Waals surface area contributed by atoms with Crippen LogP contribution in [0.15, 0.2) is 22.1 Å². The topological polar surface area (TPSA) is 36.1 Å². The molecule has 160 valence electrons. The van der Waals surface area contributed by atoms with Crippen molar-refractivity contribution < 1.29 is 14.0 Å². The van der Waals surface area contributed by atoms with Crippen molar-refractivity contribution in [3.63, 3.8) is 0 Å². The van der Waals surface area contributed by atoms with Crippen LogP contribution in [0.4, 0.5) is 0 Å². The average molecular weight is 408 g/mol. The summed E-state index contributed by atoms with van der Waals surface area (Å²) in [5.74, 6) is 0. The first-order valence-electron chi connectivity index (χ1n) is 10.8. The van der Waals surface area contributed by atoms with Gasteiger partial charge in [-0.15, -0.1) is 0 Å². The zero-order chi connectivity index (χ0) is 21.2. The molecule has 1 rings (SSSR count). The van der Waals surface area contributed by atoms with Crippen LogP contribution < -0.4 is 16.0 Å². The molecule has 0 bridgehead atoms. The van der Waals surface area contributed by atoms with Crippen molar-refractivity contribution >= 4 is 0 Å². The Balaban J connectivity index is -0.000000300. The molecule has 0 heterocycles. The molecule has 1 aliphatic rings. The predicted octanol–water partition coefficient (Wildman–Crippen LogP) is 6.14. The Morgan fingerprint density at radius 1 is 0.654 bits per heavy atom. The summed E-state index contributed by atoms with van der Waals surface area (Å²) in [6.45, 7) is 19.2. The first-order chi connectivity index (χ1) is 11.8. The van der Waals surface area contributed by atoms with E-state index in [2.05, 4.69) is 102 Å². The Hall–Kier alpha value is 0.0743. The average Bonchev–Trinajstić information content (AvgIpc) is 3.05. The quantitative estimate of drug-likeness (QED) is 0.443. The van der Waals surface area contributed by atoms with Crippen LogP contribution in [0.1, 0.15) is 48.0 Å². The summed E-state index contributed by atoms with van der Waals surface area (Å²) in [4.78, 5) is 0. The zero-order valence-electron chi connectivity index (χ0n) is 20.2. The summed E-state index contributed by atoms with van der Waals surface area (Å²) in [6.07, 6.45) is 7.98. The summed E-state index contributed by atoms with van der Waals surface area (Å²) in [6, 6.07) is 0. The summed E-state index contributed by atoms with van der Waals surface area (Å²) in [5, 5.41) is 21.8. The normalized spacial score (nSPS) is 15.1. The minimum atomic E-state index is -2.61. The van der Waals surface area contributed by atoms with Crippen molar-refractivity contribution in [2.24, 2.45) is 0 Å². The molecule has 0 saturated heterocycles. The van der Waals surface area contributed by atoms with Gasteiger partial charge in [-0.3, -0.25) is 0 Å². The molecule has 1 aliphatic carbocycles. The van der Waals surface area contributed by atoms with E-state index < -0.39 is 14.0 Å². The van der Waals surface area contributed by atoms with E-state index in [9.17, 15) is 0 Å². The summed E-state index contributed by atoms with van der Waals surface area (Å²) in [5.41, 5.74) is 0. The van der Waals surface area contributed by atoms with Gasteiger partial charge in [0, 0.05) is 0 Å². The van der Waals surface area contributed by atoms with Gasteiger partial charge >= 0.3 is 68.7 Å². The SMILES string of the molecule is CCNCC.CCNCC.CCNCC.[CH3][Ti]([CH3])([CH3])([CH3])([CH3])[C]1=CC=CC1. The van der Waals surface area contributed by atoms with E-state index in [4.69, 9.17) is 0 Å². The van der Waals surface area contributed by atoms with E-state index in [1.807, 2.05) is 0 Å². The van der Waals surface area contributed by atoms with E-state index in [0.29, 0.717) is 0 Å². The van der Waals surface area contributed by atoms with E-state index in [1.165, 1.54) is 6.42 Å². The van der Waals surface area contributed by atoms with Gasteiger partial charge in [0.1, 0.15) is 0 Å². The molecule has 3 N–H and O–H groups in total. The van der Waals surface area contributed by atoms with Gasteiger partial charge in [0.2, 0.25) is 0 Å². The molecule has 0 saturated carbocycles. The van der Waals surface area contributed by atoms with Gasteiger partial charge in [0.15, 0.2) is 0 Å². The van der Waals surface area contributed by atoms with Gasteiger partial charge in [-0.25, -0.2) is 0 Å². The first-order valence-corrected chi connectivity index (χ1v) is 19.4. The van der Waals surface area contributed by atoms with Gasteiger partial charge in [0.05, 0.1) is 0 Å². The van der Waals surface area contributed by atoms with Crippen LogP contribution in [-0.4, -0.2) is 39.3 Å². The Morgan fingerprint density at radius 2 is 0.962 bits per heavy atom. The molecule has 26 heavy (non-hydrogen) atoms. The Bertz CT molecular complexity index is 343. The van der Waals surface area contributed by atoms with Crippen LogP contribution in [0, 0.1) is 0 Å². The van der Waals surface area contributed by atoms with Crippen LogP contribution in [0.5, 0.6) is 0 Å². The molecule has 0 aliphatic heterocycles. The van der Waals surface area contributed by atoms with Crippen LogP contribution in [0.25, 0.3) is 0 Å². The number of hydrogen-bond acceptors (Lipinski definition) is 3. The number of allylic oxidation sites excluding steroid dienone is 4. The van der Waals surface area contributed by atoms with Crippen molar-refractivity contribution in [2.75, 3.05) is 39.3 Å². The predicted molar refractivity (Wildman–Crippen MR) is 124 cm³/mol. The van der Waals surface area contributed by atoms with E-state index in [1.54, 1.807) is 3.88 Å². The van der Waals surface area contributed by atoms with Gasteiger partial charge in [-0.1, -0.05) is 41.5 Å². The van der Waals surface area contributed by atoms with Crippen LogP contribution in [0.2, 0.25) is 26.1 Å². The number of nitrogens with one attached hydrogen (secondary N) is 3. The monoisotopic (exact) mass is 407 g/mol. The third kappa shape index (κ3) is 24.1. The fraction of sp³-hybridized carbons (Fsp3) is 0.818. The number of rotatable bonds is 7. The van der Waals surface area contributed by atoms with Crippen molar-refractivity contribution in [1.82, 2.24) is 16.0 Å². The van der Waals surface area contributed by atoms with Gasteiger partial charge in [0.25, 0.3) is 0 Å². The fourth-order valence-corrected chi connectivity index (χ4v) is 5.35. The molecule has 0 aromatic heterocycles. The summed E-state index contributed by atoms with van der Waals surface area (Å²) in [7, 11) is 0. The van der Waals surface area contributed by atoms with Crippen molar-refractivity contribution in [3.8, 4) is 0 Å². The van der Waals surface area contributed by atoms with E-state index in [0.717, 1.165) is 39.3 Å². The van der Waals surface area contributed by atoms with Crippen LogP contribution in [0.3, 0.4) is 0 Å². The maximum atomic E-state index is 3.11. The Kier molecular flexibility index (Phi) is 17.8. The molecule has 3 nitrogen and oxygen atoms in total. The molecule has 0 radical (unpaired) electrons. The third-order valence-corrected chi connectivity index (χ3v) is 9.47. The standard InChI is InChI=1S/C5H5.3C4H11N.5CH3.Ti/c1-2-4-5-3-1;3*1-3-5-4-2;;;;;;/h1-3H,4H2;3*5H,3-4H2,1-2H3;5*1H3;. The second kappa shape index (κ2) is 15.0. The first kappa shape index (κ1) is 30.8. The molecule has 0 fully saturated rings. The molecule has 0 spiro atoms. The minimum absolute atomic E-state index is 1.09. The Morgan fingerprint density at radius 3 is 1.04 bits per heavy atom. The zero-order valence-corrected chi connectivity index (χ0v) is 21.7. The summed E-state index contributed by atoms with van der Waals surface area (Å²) >= 11 is -2.61. The molecule has 0 unspecified atom stereocenters. The molecule has 0 aromatic rings. The van der Waals surface area contributed by atoms with Crippen LogP contribution >= 0.6 is 0 Å². The molecular formula is C22H53N3Ti. The van der Waals surface area contributed by atoms with Gasteiger partial charge in [-0.2, -0.15) is 0 Å².